The standard InChI is InChI=1S/C16H13N3O4/c1-22-11-3-2-4-12(9-11)23-13-15(20)18-14(19-16(13)21)10-5-7-17-8-6-10/h2-9H,1H3,(H2,18,19,20,21). The Hall–Kier alpha value is -3.35. The molecule has 7 heteroatoms. The lowest BCUT2D eigenvalue weighted by atomic mass is 10.2. The molecule has 0 unspecified atom stereocenters. The number of nitrogens with zero attached hydrogens (tertiary/aromatic N) is 3. The van der Waals surface area contributed by atoms with Crippen LogP contribution in [0.3, 0.4) is 0 Å². The normalized spacial score (nSPS) is 10.3. The molecule has 1 aromatic carbocycles. The first kappa shape index (κ1) is 14.6. The topological polar surface area (TPSA) is 97.6 Å². The molecule has 0 spiro atoms. The van der Waals surface area contributed by atoms with Gasteiger partial charge in [0.05, 0.1) is 7.11 Å². The highest BCUT2D eigenvalue weighted by Crippen LogP contribution is 2.38. The van der Waals surface area contributed by atoms with Gasteiger partial charge in [-0.2, -0.15) is 9.97 Å². The van der Waals surface area contributed by atoms with Crippen molar-refractivity contribution in [2.24, 2.45) is 0 Å². The Bertz CT molecular complexity index is 802. The fourth-order valence-electron chi connectivity index (χ4n) is 1.93. The molecule has 3 rings (SSSR count). The molecule has 2 heterocycles. The van der Waals surface area contributed by atoms with Crippen LogP contribution in [0, 0.1) is 0 Å². The molecule has 0 aliphatic heterocycles. The third-order valence-electron chi connectivity index (χ3n) is 3.03. The Morgan fingerprint density at radius 2 is 1.57 bits per heavy atom. The third kappa shape index (κ3) is 3.13. The first-order chi connectivity index (χ1) is 11.2. The smallest absolute Gasteiger partial charge is 0.263 e. The molecule has 0 atom stereocenters. The van der Waals surface area contributed by atoms with Crippen LogP contribution in [0.2, 0.25) is 0 Å². The van der Waals surface area contributed by atoms with E-state index in [2.05, 4.69) is 15.0 Å². The number of rotatable bonds is 4. The molecule has 0 radical (unpaired) electrons. The van der Waals surface area contributed by atoms with Crippen molar-refractivity contribution in [2.75, 3.05) is 7.11 Å². The molecule has 0 bridgehead atoms. The van der Waals surface area contributed by atoms with Crippen LogP contribution in [0.4, 0.5) is 0 Å². The van der Waals surface area contributed by atoms with E-state index < -0.39 is 11.8 Å². The second-order valence-electron chi connectivity index (χ2n) is 4.54. The maximum atomic E-state index is 10.0. The minimum atomic E-state index is -0.466. The summed E-state index contributed by atoms with van der Waals surface area (Å²) in [5.41, 5.74) is 0.610. The lowest BCUT2D eigenvalue weighted by Crippen LogP contribution is -1.94. The highest BCUT2D eigenvalue weighted by molar-refractivity contribution is 5.58. The summed E-state index contributed by atoms with van der Waals surface area (Å²) >= 11 is 0. The fraction of sp³-hybridized carbons (Fsp3) is 0.0625. The summed E-state index contributed by atoms with van der Waals surface area (Å²) in [5, 5.41) is 20.1. The van der Waals surface area contributed by atoms with Gasteiger partial charge in [0, 0.05) is 24.0 Å². The quantitative estimate of drug-likeness (QED) is 0.764. The molecule has 0 aliphatic rings. The van der Waals surface area contributed by atoms with Gasteiger partial charge < -0.3 is 19.7 Å². The van der Waals surface area contributed by atoms with Crippen molar-refractivity contribution in [3.05, 3.63) is 48.8 Å². The van der Waals surface area contributed by atoms with Gasteiger partial charge in [-0.15, -0.1) is 0 Å². The summed E-state index contributed by atoms with van der Waals surface area (Å²) in [7, 11) is 1.53. The summed E-state index contributed by atoms with van der Waals surface area (Å²) < 4.78 is 10.5. The lowest BCUT2D eigenvalue weighted by molar-refractivity contribution is 0.353. The predicted octanol–water partition coefficient (Wildman–Crippen LogP) is 2.75. The Balaban J connectivity index is 1.94. The molecule has 23 heavy (non-hydrogen) atoms. The van der Waals surface area contributed by atoms with Crippen molar-refractivity contribution in [1.29, 1.82) is 0 Å². The van der Waals surface area contributed by atoms with Crippen LogP contribution in [0.5, 0.6) is 29.0 Å². The summed E-state index contributed by atoms with van der Waals surface area (Å²) in [6, 6.07) is 10.0. The van der Waals surface area contributed by atoms with Crippen LogP contribution in [-0.4, -0.2) is 32.3 Å². The van der Waals surface area contributed by atoms with E-state index in [1.165, 1.54) is 7.11 Å². The van der Waals surface area contributed by atoms with E-state index in [-0.39, 0.29) is 11.6 Å². The van der Waals surface area contributed by atoms with Crippen molar-refractivity contribution >= 4 is 0 Å². The molecule has 0 saturated heterocycles. The van der Waals surface area contributed by atoms with Crippen molar-refractivity contribution in [2.45, 2.75) is 0 Å². The van der Waals surface area contributed by atoms with E-state index >= 15 is 0 Å². The molecule has 2 N–H and O–H groups in total. The molecule has 0 saturated carbocycles. The van der Waals surface area contributed by atoms with Crippen LogP contribution in [0.1, 0.15) is 0 Å². The molecule has 7 nitrogen and oxygen atoms in total. The van der Waals surface area contributed by atoms with Gasteiger partial charge in [-0.25, -0.2) is 0 Å². The minimum Gasteiger partial charge on any atom is -0.497 e. The summed E-state index contributed by atoms with van der Waals surface area (Å²) in [6.45, 7) is 0. The Morgan fingerprint density at radius 3 is 2.22 bits per heavy atom. The summed E-state index contributed by atoms with van der Waals surface area (Å²) in [4.78, 5) is 11.8. The highest BCUT2D eigenvalue weighted by atomic mass is 16.5. The Labute approximate surface area is 131 Å². The van der Waals surface area contributed by atoms with E-state index in [0.717, 1.165) is 0 Å². The van der Waals surface area contributed by atoms with Crippen molar-refractivity contribution in [3.8, 4) is 40.4 Å². The number of aromatic hydroxyl groups is 2. The van der Waals surface area contributed by atoms with Gasteiger partial charge in [-0.3, -0.25) is 4.98 Å². The van der Waals surface area contributed by atoms with E-state index in [1.54, 1.807) is 48.8 Å². The van der Waals surface area contributed by atoms with Gasteiger partial charge in [-0.1, -0.05) is 6.07 Å². The van der Waals surface area contributed by atoms with Crippen LogP contribution in [0.25, 0.3) is 11.4 Å². The zero-order valence-corrected chi connectivity index (χ0v) is 12.2. The third-order valence-corrected chi connectivity index (χ3v) is 3.03. The Morgan fingerprint density at radius 1 is 0.913 bits per heavy atom. The van der Waals surface area contributed by atoms with Crippen molar-refractivity contribution in [3.63, 3.8) is 0 Å². The fourth-order valence-corrected chi connectivity index (χ4v) is 1.93. The predicted molar refractivity (Wildman–Crippen MR) is 81.7 cm³/mol. The number of benzene rings is 1. The average molecular weight is 311 g/mol. The molecular weight excluding hydrogens is 298 g/mol. The van der Waals surface area contributed by atoms with Gasteiger partial charge in [-0.05, 0) is 24.3 Å². The van der Waals surface area contributed by atoms with Crippen molar-refractivity contribution in [1.82, 2.24) is 15.0 Å². The number of hydrogen-bond donors (Lipinski definition) is 2. The maximum absolute atomic E-state index is 10.0. The number of aromatic nitrogens is 3. The second kappa shape index (κ2) is 6.18. The number of methoxy groups -OCH3 is 1. The zero-order valence-electron chi connectivity index (χ0n) is 12.2. The molecular formula is C16H13N3O4. The van der Waals surface area contributed by atoms with E-state index in [1.807, 2.05) is 0 Å². The second-order valence-corrected chi connectivity index (χ2v) is 4.54. The van der Waals surface area contributed by atoms with Gasteiger partial charge in [0.25, 0.3) is 17.5 Å². The van der Waals surface area contributed by atoms with Gasteiger partial charge in [0.15, 0.2) is 5.82 Å². The zero-order chi connectivity index (χ0) is 16.2. The number of hydrogen-bond acceptors (Lipinski definition) is 7. The number of ether oxygens (including phenoxy) is 2. The summed E-state index contributed by atoms with van der Waals surface area (Å²) in [6.07, 6.45) is 3.13. The van der Waals surface area contributed by atoms with Gasteiger partial charge in [0.2, 0.25) is 0 Å². The number of pyridine rings is 1. The van der Waals surface area contributed by atoms with E-state index in [9.17, 15) is 10.2 Å². The van der Waals surface area contributed by atoms with Gasteiger partial charge >= 0.3 is 0 Å². The van der Waals surface area contributed by atoms with Crippen LogP contribution in [-0.2, 0) is 0 Å². The van der Waals surface area contributed by atoms with Crippen LogP contribution < -0.4 is 9.47 Å². The molecule has 0 fully saturated rings. The largest absolute Gasteiger partial charge is 0.497 e. The van der Waals surface area contributed by atoms with Crippen LogP contribution in [0.15, 0.2) is 48.8 Å². The van der Waals surface area contributed by atoms with E-state index in [0.29, 0.717) is 17.1 Å². The maximum Gasteiger partial charge on any atom is 0.263 e. The highest BCUT2D eigenvalue weighted by Gasteiger charge is 2.17. The van der Waals surface area contributed by atoms with Crippen LogP contribution >= 0.6 is 0 Å². The molecule has 0 aliphatic carbocycles. The average Bonchev–Trinajstić information content (AvgIpc) is 2.59. The Kier molecular flexibility index (Phi) is 3.92. The first-order valence-corrected chi connectivity index (χ1v) is 6.69. The first-order valence-electron chi connectivity index (χ1n) is 6.69. The molecule has 3 aromatic rings. The molecule has 2 aromatic heterocycles. The monoisotopic (exact) mass is 311 g/mol. The van der Waals surface area contributed by atoms with Crippen molar-refractivity contribution < 1.29 is 19.7 Å². The molecule has 116 valence electrons. The SMILES string of the molecule is COc1cccc(Oc2c(O)nc(-c3ccncc3)nc2O)c1. The summed E-state index contributed by atoms with van der Waals surface area (Å²) in [5.74, 6) is -0.0401. The minimum absolute atomic E-state index is 0.167. The van der Waals surface area contributed by atoms with Gasteiger partial charge in [0.1, 0.15) is 11.5 Å². The van der Waals surface area contributed by atoms with E-state index in [4.69, 9.17) is 9.47 Å². The lowest BCUT2D eigenvalue weighted by Gasteiger charge is -2.10. The molecule has 0 amide bonds.